The average molecular weight is 359 g/mol. The van der Waals surface area contributed by atoms with E-state index in [9.17, 15) is 8.42 Å². The third-order valence-electron chi connectivity index (χ3n) is 4.56. The van der Waals surface area contributed by atoms with Gasteiger partial charge in [0.15, 0.2) is 0 Å². The molecule has 2 aromatic rings. The minimum Gasteiger partial charge on any atom is -0.372 e. The van der Waals surface area contributed by atoms with Crippen LogP contribution >= 0.6 is 0 Å². The molecule has 4 nitrogen and oxygen atoms in total. The third-order valence-corrected chi connectivity index (χ3v) is 6.53. The smallest absolute Gasteiger partial charge is 0.243 e. The van der Waals surface area contributed by atoms with Gasteiger partial charge < -0.3 is 4.74 Å². The molecule has 0 spiro atoms. The standard InChI is InChI=1S/C20H25NO3S/c1-15-9-10-16(2)20(11-15)25(22,23)21-13-17(3)24-19(14-21)12-18-7-5-4-6-8-18/h4-11,17,19H,12-14H2,1-3H3. The molecule has 0 bridgehead atoms. The van der Waals surface area contributed by atoms with Gasteiger partial charge in [-0.25, -0.2) is 8.42 Å². The molecule has 0 amide bonds. The van der Waals surface area contributed by atoms with E-state index in [0.29, 0.717) is 24.4 Å². The van der Waals surface area contributed by atoms with Crippen LogP contribution in [-0.4, -0.2) is 38.0 Å². The highest BCUT2D eigenvalue weighted by molar-refractivity contribution is 7.89. The molecule has 2 aromatic carbocycles. The van der Waals surface area contributed by atoms with Crippen LogP contribution in [0.15, 0.2) is 53.4 Å². The van der Waals surface area contributed by atoms with Crippen LogP contribution in [0.3, 0.4) is 0 Å². The highest BCUT2D eigenvalue weighted by Gasteiger charge is 2.34. The molecule has 0 saturated carbocycles. The summed E-state index contributed by atoms with van der Waals surface area (Å²) < 4.78 is 33.9. The number of rotatable bonds is 4. The first-order valence-corrected chi connectivity index (χ1v) is 10.1. The molecule has 5 heteroatoms. The van der Waals surface area contributed by atoms with Crippen LogP contribution in [0.1, 0.15) is 23.6 Å². The molecular weight excluding hydrogens is 334 g/mol. The maximum Gasteiger partial charge on any atom is 0.243 e. The Bertz CT molecular complexity index is 833. The van der Waals surface area contributed by atoms with Gasteiger partial charge in [-0.1, -0.05) is 42.5 Å². The van der Waals surface area contributed by atoms with Crippen LogP contribution in [0.4, 0.5) is 0 Å². The molecule has 0 N–H and O–H groups in total. The van der Waals surface area contributed by atoms with Crippen LogP contribution in [0.2, 0.25) is 0 Å². The first kappa shape index (κ1) is 18.1. The topological polar surface area (TPSA) is 46.6 Å². The van der Waals surface area contributed by atoms with Gasteiger partial charge in [0, 0.05) is 13.1 Å². The maximum atomic E-state index is 13.2. The monoisotopic (exact) mass is 359 g/mol. The molecular formula is C20H25NO3S. The molecule has 1 saturated heterocycles. The van der Waals surface area contributed by atoms with Crippen LogP contribution in [-0.2, 0) is 21.2 Å². The van der Waals surface area contributed by atoms with E-state index < -0.39 is 10.0 Å². The van der Waals surface area contributed by atoms with Gasteiger partial charge in [0.2, 0.25) is 10.0 Å². The van der Waals surface area contributed by atoms with Gasteiger partial charge in [-0.05, 0) is 49.9 Å². The van der Waals surface area contributed by atoms with E-state index in [1.807, 2.05) is 63.2 Å². The van der Waals surface area contributed by atoms with Gasteiger partial charge in [0.25, 0.3) is 0 Å². The number of hydrogen-bond donors (Lipinski definition) is 0. The number of sulfonamides is 1. The Hall–Kier alpha value is -1.69. The minimum atomic E-state index is -3.52. The fourth-order valence-corrected chi connectivity index (χ4v) is 5.17. The molecule has 134 valence electrons. The lowest BCUT2D eigenvalue weighted by atomic mass is 10.1. The first-order chi connectivity index (χ1) is 11.9. The van der Waals surface area contributed by atoms with Gasteiger partial charge in [-0.3, -0.25) is 0 Å². The van der Waals surface area contributed by atoms with Crippen molar-refractivity contribution >= 4 is 10.0 Å². The fraction of sp³-hybridized carbons (Fsp3) is 0.400. The van der Waals surface area contributed by atoms with Gasteiger partial charge in [-0.2, -0.15) is 4.31 Å². The van der Waals surface area contributed by atoms with Crippen molar-refractivity contribution in [2.24, 2.45) is 0 Å². The summed E-state index contributed by atoms with van der Waals surface area (Å²) in [7, 11) is -3.52. The predicted octanol–water partition coefficient (Wildman–Crippen LogP) is 3.32. The van der Waals surface area contributed by atoms with Crippen molar-refractivity contribution in [3.63, 3.8) is 0 Å². The van der Waals surface area contributed by atoms with E-state index in [4.69, 9.17) is 4.74 Å². The third kappa shape index (κ3) is 4.11. The molecule has 1 fully saturated rings. The lowest BCUT2D eigenvalue weighted by Crippen LogP contribution is -2.49. The summed E-state index contributed by atoms with van der Waals surface area (Å²) >= 11 is 0. The number of benzene rings is 2. The van der Waals surface area contributed by atoms with E-state index in [-0.39, 0.29) is 12.2 Å². The second kappa shape index (κ2) is 7.28. The van der Waals surface area contributed by atoms with Crippen molar-refractivity contribution in [2.45, 2.75) is 44.3 Å². The minimum absolute atomic E-state index is 0.123. The van der Waals surface area contributed by atoms with Gasteiger partial charge in [0.05, 0.1) is 17.1 Å². The van der Waals surface area contributed by atoms with Gasteiger partial charge in [0.1, 0.15) is 0 Å². The molecule has 1 aliphatic rings. The van der Waals surface area contributed by atoms with Crippen molar-refractivity contribution in [3.05, 3.63) is 65.2 Å². The normalized spacial score (nSPS) is 22.0. The van der Waals surface area contributed by atoms with Crippen LogP contribution in [0.25, 0.3) is 0 Å². The molecule has 3 rings (SSSR count). The van der Waals surface area contributed by atoms with Crippen molar-refractivity contribution in [2.75, 3.05) is 13.1 Å². The first-order valence-electron chi connectivity index (χ1n) is 8.63. The molecule has 2 atom stereocenters. The second-order valence-electron chi connectivity index (χ2n) is 6.85. The predicted molar refractivity (Wildman–Crippen MR) is 99.2 cm³/mol. The highest BCUT2D eigenvalue weighted by atomic mass is 32.2. The molecule has 0 aromatic heterocycles. The number of morpholine rings is 1. The number of aryl methyl sites for hydroxylation is 2. The Morgan fingerprint density at radius 3 is 2.52 bits per heavy atom. The van der Waals surface area contributed by atoms with E-state index in [1.165, 1.54) is 0 Å². The average Bonchev–Trinajstić information content (AvgIpc) is 2.57. The number of ether oxygens (including phenoxy) is 1. The molecule has 0 aliphatic carbocycles. The summed E-state index contributed by atoms with van der Waals surface area (Å²) in [6, 6.07) is 15.6. The summed E-state index contributed by atoms with van der Waals surface area (Å²) in [4.78, 5) is 0.403. The lowest BCUT2D eigenvalue weighted by molar-refractivity contribution is -0.0529. The van der Waals surface area contributed by atoms with Gasteiger partial charge in [-0.15, -0.1) is 0 Å². The Morgan fingerprint density at radius 1 is 1.08 bits per heavy atom. The molecule has 25 heavy (non-hydrogen) atoms. The van der Waals surface area contributed by atoms with Crippen LogP contribution in [0.5, 0.6) is 0 Å². The Morgan fingerprint density at radius 2 is 1.80 bits per heavy atom. The zero-order valence-corrected chi connectivity index (χ0v) is 15.8. The quantitative estimate of drug-likeness (QED) is 0.841. The zero-order valence-electron chi connectivity index (χ0n) is 15.0. The van der Waals surface area contributed by atoms with E-state index in [0.717, 1.165) is 16.7 Å². The van der Waals surface area contributed by atoms with E-state index >= 15 is 0 Å². The lowest BCUT2D eigenvalue weighted by Gasteiger charge is -2.36. The second-order valence-corrected chi connectivity index (χ2v) is 8.76. The SMILES string of the molecule is Cc1ccc(C)c(S(=O)(=O)N2CC(C)OC(Cc3ccccc3)C2)c1. The summed E-state index contributed by atoms with van der Waals surface area (Å²) in [5.74, 6) is 0. The zero-order chi connectivity index (χ0) is 18.0. The van der Waals surface area contributed by atoms with Crippen LogP contribution in [0, 0.1) is 13.8 Å². The number of nitrogens with zero attached hydrogens (tertiary/aromatic N) is 1. The fourth-order valence-electron chi connectivity index (χ4n) is 3.31. The van der Waals surface area contributed by atoms with Crippen molar-refractivity contribution in [1.82, 2.24) is 4.31 Å². The summed E-state index contributed by atoms with van der Waals surface area (Å²) in [5.41, 5.74) is 2.89. The molecule has 1 aliphatic heterocycles. The summed E-state index contributed by atoms with van der Waals surface area (Å²) in [6.07, 6.45) is 0.456. The Balaban J connectivity index is 1.84. The number of hydrogen-bond acceptors (Lipinski definition) is 3. The van der Waals surface area contributed by atoms with E-state index in [2.05, 4.69) is 0 Å². The highest BCUT2D eigenvalue weighted by Crippen LogP contribution is 2.25. The Kier molecular flexibility index (Phi) is 5.27. The Labute approximate surface area is 150 Å². The van der Waals surface area contributed by atoms with E-state index in [1.54, 1.807) is 10.4 Å². The summed E-state index contributed by atoms with van der Waals surface area (Å²) in [5, 5.41) is 0. The molecule has 2 unspecified atom stereocenters. The largest absolute Gasteiger partial charge is 0.372 e. The molecule has 1 heterocycles. The van der Waals surface area contributed by atoms with Crippen molar-refractivity contribution in [3.8, 4) is 0 Å². The van der Waals surface area contributed by atoms with Crippen molar-refractivity contribution < 1.29 is 13.2 Å². The maximum absolute atomic E-state index is 13.2. The van der Waals surface area contributed by atoms with Crippen molar-refractivity contribution in [1.29, 1.82) is 0 Å². The molecule has 0 radical (unpaired) electrons. The summed E-state index contributed by atoms with van der Waals surface area (Å²) in [6.45, 7) is 6.47. The van der Waals surface area contributed by atoms with Gasteiger partial charge >= 0.3 is 0 Å². The van der Waals surface area contributed by atoms with Crippen LogP contribution < -0.4 is 0 Å².